The first-order valence-electron chi connectivity index (χ1n) is 10.9. The summed E-state index contributed by atoms with van der Waals surface area (Å²) in [6.45, 7) is 2.08. The number of aryl methyl sites for hydroxylation is 2. The molecule has 0 radical (unpaired) electrons. The van der Waals surface area contributed by atoms with Crippen LogP contribution >= 0.6 is 0 Å². The zero-order valence-electron chi connectivity index (χ0n) is 19.2. The molecule has 0 aliphatic heterocycles. The number of benzene rings is 2. The summed E-state index contributed by atoms with van der Waals surface area (Å²) >= 11 is 0. The Balaban J connectivity index is 1.56. The second kappa shape index (κ2) is 8.59. The van der Waals surface area contributed by atoms with Crippen molar-refractivity contribution in [3.8, 4) is 17.1 Å². The predicted octanol–water partition coefficient (Wildman–Crippen LogP) is 4.72. The zero-order valence-corrected chi connectivity index (χ0v) is 19.2. The fourth-order valence-corrected chi connectivity index (χ4v) is 4.21. The van der Waals surface area contributed by atoms with E-state index in [2.05, 4.69) is 5.32 Å². The molecule has 0 unspecified atom stereocenters. The van der Waals surface area contributed by atoms with Crippen LogP contribution in [-0.2, 0) is 24.8 Å². The lowest BCUT2D eigenvalue weighted by molar-refractivity contribution is -0.120. The minimum absolute atomic E-state index is 0.0127. The highest BCUT2D eigenvalue weighted by Gasteiger charge is 2.22. The van der Waals surface area contributed by atoms with Gasteiger partial charge in [-0.05, 0) is 48.0 Å². The van der Waals surface area contributed by atoms with E-state index in [1.165, 1.54) is 0 Å². The summed E-state index contributed by atoms with van der Waals surface area (Å²) in [5.41, 5.74) is 2.16. The normalized spacial score (nSPS) is 11.3. The van der Waals surface area contributed by atoms with Crippen molar-refractivity contribution >= 4 is 27.6 Å². The highest BCUT2D eigenvalue weighted by molar-refractivity contribution is 5.95. The standard InChI is InChI=1S/C27H24N2O5/c1-16-11-23-25(27(31)33-16)22(14-24(30)28-15-20-5-4-10-29(20)2)26(34-23)19-7-6-18-13-21(32-3)9-8-17(18)12-19/h4-13H,14-15H2,1-3H3,(H,28,30). The van der Waals surface area contributed by atoms with E-state index in [4.69, 9.17) is 13.6 Å². The Labute approximate surface area is 195 Å². The third kappa shape index (κ3) is 3.96. The van der Waals surface area contributed by atoms with Gasteiger partial charge in [0.1, 0.15) is 28.2 Å². The van der Waals surface area contributed by atoms with E-state index in [1.807, 2.05) is 66.3 Å². The van der Waals surface area contributed by atoms with E-state index in [0.717, 1.165) is 27.8 Å². The number of rotatable bonds is 6. The first-order valence-corrected chi connectivity index (χ1v) is 10.9. The summed E-state index contributed by atoms with van der Waals surface area (Å²) in [6.07, 6.45) is 1.91. The summed E-state index contributed by atoms with van der Waals surface area (Å²) in [5, 5.41) is 5.23. The number of carbonyl (C=O) groups is 1. The largest absolute Gasteiger partial charge is 0.497 e. The van der Waals surface area contributed by atoms with Crippen LogP contribution in [0.1, 0.15) is 17.0 Å². The second-order valence-corrected chi connectivity index (χ2v) is 8.29. The van der Waals surface area contributed by atoms with Gasteiger partial charge in [0, 0.05) is 36.1 Å². The molecule has 0 bridgehead atoms. The zero-order chi connectivity index (χ0) is 23.8. The van der Waals surface area contributed by atoms with E-state index >= 15 is 0 Å². The molecule has 0 saturated carbocycles. The maximum Gasteiger partial charge on any atom is 0.347 e. The molecule has 0 aliphatic rings. The van der Waals surface area contributed by atoms with Gasteiger partial charge in [-0.15, -0.1) is 0 Å². The van der Waals surface area contributed by atoms with Gasteiger partial charge in [0.15, 0.2) is 0 Å². The van der Waals surface area contributed by atoms with Crippen molar-refractivity contribution in [3.05, 3.63) is 88.2 Å². The molecular formula is C27H24N2O5. The third-order valence-electron chi connectivity index (χ3n) is 5.99. The summed E-state index contributed by atoms with van der Waals surface area (Å²) in [6, 6.07) is 17.2. The third-order valence-corrected chi connectivity index (χ3v) is 5.99. The average Bonchev–Trinajstić information content (AvgIpc) is 3.40. The number of nitrogens with zero attached hydrogens (tertiary/aromatic N) is 1. The minimum Gasteiger partial charge on any atom is -0.497 e. The van der Waals surface area contributed by atoms with Crippen LogP contribution in [0, 0.1) is 6.92 Å². The van der Waals surface area contributed by atoms with Crippen molar-refractivity contribution in [3.63, 3.8) is 0 Å². The van der Waals surface area contributed by atoms with Crippen LogP contribution in [0.15, 0.2) is 74.4 Å². The van der Waals surface area contributed by atoms with Crippen molar-refractivity contribution in [2.24, 2.45) is 7.05 Å². The Morgan fingerprint density at radius 1 is 1.06 bits per heavy atom. The van der Waals surface area contributed by atoms with E-state index in [9.17, 15) is 9.59 Å². The van der Waals surface area contributed by atoms with Gasteiger partial charge in [-0.3, -0.25) is 4.79 Å². The molecule has 5 aromatic rings. The van der Waals surface area contributed by atoms with E-state index < -0.39 is 5.63 Å². The number of hydrogen-bond acceptors (Lipinski definition) is 5. The van der Waals surface area contributed by atoms with Crippen LogP contribution in [0.3, 0.4) is 0 Å². The van der Waals surface area contributed by atoms with E-state index in [-0.39, 0.29) is 12.3 Å². The maximum absolute atomic E-state index is 12.9. The molecule has 0 fully saturated rings. The molecule has 0 saturated heterocycles. The Morgan fingerprint density at radius 3 is 2.62 bits per heavy atom. The minimum atomic E-state index is -0.513. The van der Waals surface area contributed by atoms with Crippen LogP contribution in [0.2, 0.25) is 0 Å². The fourth-order valence-electron chi connectivity index (χ4n) is 4.21. The van der Waals surface area contributed by atoms with Gasteiger partial charge in [-0.1, -0.05) is 18.2 Å². The Morgan fingerprint density at radius 2 is 1.85 bits per heavy atom. The lowest BCUT2D eigenvalue weighted by atomic mass is 10.0. The van der Waals surface area contributed by atoms with Gasteiger partial charge in [-0.2, -0.15) is 0 Å². The van der Waals surface area contributed by atoms with Crippen molar-refractivity contribution in [1.82, 2.24) is 9.88 Å². The van der Waals surface area contributed by atoms with Crippen molar-refractivity contribution in [2.75, 3.05) is 7.11 Å². The van der Waals surface area contributed by atoms with Crippen molar-refractivity contribution in [1.29, 1.82) is 0 Å². The van der Waals surface area contributed by atoms with Gasteiger partial charge in [-0.25, -0.2) is 4.79 Å². The van der Waals surface area contributed by atoms with Crippen LogP contribution in [0.25, 0.3) is 33.1 Å². The second-order valence-electron chi connectivity index (χ2n) is 8.29. The molecule has 0 spiro atoms. The average molecular weight is 456 g/mol. The highest BCUT2D eigenvalue weighted by Crippen LogP contribution is 2.35. The van der Waals surface area contributed by atoms with Gasteiger partial charge in [0.25, 0.3) is 0 Å². The molecule has 0 aliphatic carbocycles. The van der Waals surface area contributed by atoms with Crippen molar-refractivity contribution in [2.45, 2.75) is 19.9 Å². The van der Waals surface area contributed by atoms with Gasteiger partial charge >= 0.3 is 5.63 Å². The van der Waals surface area contributed by atoms with E-state index in [1.54, 1.807) is 20.1 Å². The molecule has 34 heavy (non-hydrogen) atoms. The summed E-state index contributed by atoms with van der Waals surface area (Å²) < 4.78 is 18.7. The first-order chi connectivity index (χ1) is 16.4. The van der Waals surface area contributed by atoms with E-state index in [0.29, 0.717) is 34.6 Å². The van der Waals surface area contributed by atoms with Crippen LogP contribution in [0.5, 0.6) is 5.75 Å². The molecule has 7 heteroatoms. The summed E-state index contributed by atoms with van der Waals surface area (Å²) in [4.78, 5) is 25.6. The lowest BCUT2D eigenvalue weighted by Crippen LogP contribution is -2.25. The van der Waals surface area contributed by atoms with Crippen molar-refractivity contribution < 1.29 is 18.4 Å². The molecule has 5 rings (SSSR count). The number of methoxy groups -OCH3 is 1. The fraction of sp³-hybridized carbons (Fsp3) is 0.185. The maximum atomic E-state index is 12.9. The molecule has 1 N–H and O–H groups in total. The van der Waals surface area contributed by atoms with Crippen LogP contribution < -0.4 is 15.7 Å². The number of nitrogens with one attached hydrogen (secondary N) is 1. The number of hydrogen-bond donors (Lipinski definition) is 1. The van der Waals surface area contributed by atoms with Gasteiger partial charge < -0.3 is 23.5 Å². The SMILES string of the molecule is COc1ccc2cc(-c3oc4cc(C)oc(=O)c4c3CC(=O)NCc3cccn3C)ccc2c1. The smallest absolute Gasteiger partial charge is 0.347 e. The van der Waals surface area contributed by atoms with Gasteiger partial charge in [0.2, 0.25) is 5.91 Å². The quantitative estimate of drug-likeness (QED) is 0.400. The Hall–Kier alpha value is -4.26. The number of aromatic nitrogens is 1. The number of fused-ring (bicyclic) bond motifs is 2. The van der Waals surface area contributed by atoms with Crippen LogP contribution in [-0.4, -0.2) is 17.6 Å². The monoisotopic (exact) mass is 456 g/mol. The molecule has 1 amide bonds. The van der Waals surface area contributed by atoms with Gasteiger partial charge in [0.05, 0.1) is 20.1 Å². The highest BCUT2D eigenvalue weighted by atomic mass is 16.5. The molecule has 7 nitrogen and oxygen atoms in total. The molecular weight excluding hydrogens is 432 g/mol. The molecule has 172 valence electrons. The molecule has 2 aromatic carbocycles. The number of ether oxygens (including phenoxy) is 1. The molecule has 3 aromatic heterocycles. The number of carbonyl (C=O) groups excluding carboxylic acids is 1. The summed E-state index contributed by atoms with van der Waals surface area (Å²) in [7, 11) is 3.55. The number of amides is 1. The Bertz CT molecular complexity index is 1590. The number of furan rings is 1. The van der Waals surface area contributed by atoms with Crippen LogP contribution in [0.4, 0.5) is 0 Å². The summed E-state index contributed by atoms with van der Waals surface area (Å²) in [5.74, 6) is 1.49. The first kappa shape index (κ1) is 21.6. The molecule has 3 heterocycles. The predicted molar refractivity (Wildman–Crippen MR) is 130 cm³/mol. The Kier molecular flexibility index (Phi) is 5.45. The lowest BCUT2D eigenvalue weighted by Gasteiger charge is -2.08. The molecule has 0 atom stereocenters. The topological polar surface area (TPSA) is 86.6 Å².